The highest BCUT2D eigenvalue weighted by atomic mass is 14.9. The number of rotatable bonds is 3. The molecule has 0 bridgehead atoms. The average molecular weight is 371 g/mol. The van der Waals surface area contributed by atoms with Crippen LogP contribution in [0.15, 0.2) is 85.1 Å². The highest BCUT2D eigenvalue weighted by molar-refractivity contribution is 5.86. The normalized spacial score (nSPS) is 14.9. The maximum atomic E-state index is 8.10. The monoisotopic (exact) mass is 370 g/mol. The number of hydrogen-bond donors (Lipinski definition) is 0. The van der Waals surface area contributed by atoms with Gasteiger partial charge >= 0.3 is 0 Å². The molecule has 0 aliphatic heterocycles. The van der Waals surface area contributed by atoms with E-state index in [4.69, 9.17) is 8.22 Å². The van der Waals surface area contributed by atoms with E-state index < -0.39 is 13.7 Å². The van der Waals surface area contributed by atoms with Crippen molar-refractivity contribution in [2.24, 2.45) is 7.05 Å². The molecule has 0 saturated heterocycles. The number of hydrogen-bond acceptors (Lipinski definition) is 0. The van der Waals surface area contributed by atoms with Gasteiger partial charge < -0.3 is 0 Å². The molecule has 28 heavy (non-hydrogen) atoms. The zero-order valence-electron chi connectivity index (χ0n) is 22.0. The topological polar surface area (TPSA) is 3.88 Å². The molecule has 0 spiro atoms. The van der Waals surface area contributed by atoms with E-state index in [1.807, 2.05) is 85.4 Å². The van der Waals surface area contributed by atoms with Crippen LogP contribution >= 0.6 is 0 Å². The minimum Gasteiger partial charge on any atom is -0.200 e. The highest BCUT2D eigenvalue weighted by Gasteiger charge is 2.20. The molecule has 0 saturated carbocycles. The number of aryl methyl sites for hydroxylation is 4. The lowest BCUT2D eigenvalue weighted by Crippen LogP contribution is -2.31. The van der Waals surface area contributed by atoms with Gasteiger partial charge in [0.15, 0.2) is 6.20 Å². The summed E-state index contributed by atoms with van der Waals surface area (Å²) in [6.07, 6.45) is 2.03. The van der Waals surface area contributed by atoms with Gasteiger partial charge in [-0.1, -0.05) is 66.7 Å². The number of benzene rings is 3. The zero-order valence-corrected chi connectivity index (χ0v) is 16.0. The van der Waals surface area contributed by atoms with Crippen molar-refractivity contribution in [2.45, 2.75) is 20.6 Å². The Morgan fingerprint density at radius 3 is 2.00 bits per heavy atom. The molecule has 0 aliphatic rings. The first-order chi connectivity index (χ1) is 16.0. The predicted octanol–water partition coefficient (Wildman–Crippen LogP) is 6.44. The van der Waals surface area contributed by atoms with Crippen LogP contribution in [-0.4, -0.2) is 0 Å². The van der Waals surface area contributed by atoms with Crippen LogP contribution < -0.4 is 4.57 Å². The van der Waals surface area contributed by atoms with Crippen molar-refractivity contribution in [3.63, 3.8) is 0 Å². The molecule has 0 amide bonds. The fourth-order valence-corrected chi connectivity index (χ4v) is 3.73. The Morgan fingerprint density at radius 1 is 0.643 bits per heavy atom. The van der Waals surface area contributed by atoms with Crippen molar-refractivity contribution in [1.82, 2.24) is 0 Å². The third kappa shape index (κ3) is 3.25. The molecule has 0 atom stereocenters. The van der Waals surface area contributed by atoms with E-state index in [1.54, 1.807) is 0 Å². The van der Waals surface area contributed by atoms with Gasteiger partial charge in [0.1, 0.15) is 7.05 Å². The maximum Gasteiger partial charge on any atom is 0.213 e. The lowest BCUT2D eigenvalue weighted by molar-refractivity contribution is -0.659. The van der Waals surface area contributed by atoms with E-state index >= 15 is 0 Å². The van der Waals surface area contributed by atoms with Crippen molar-refractivity contribution < 1.29 is 12.8 Å². The second-order valence-electron chi connectivity index (χ2n) is 7.01. The van der Waals surface area contributed by atoms with Crippen LogP contribution in [0.3, 0.4) is 0 Å². The van der Waals surface area contributed by atoms with E-state index in [2.05, 4.69) is 0 Å². The smallest absolute Gasteiger partial charge is 0.200 e. The molecule has 4 rings (SSSR count). The van der Waals surface area contributed by atoms with E-state index in [-0.39, 0.29) is 16.7 Å². The van der Waals surface area contributed by atoms with E-state index in [0.29, 0.717) is 5.56 Å². The molecule has 0 unspecified atom stereocenters. The molecule has 0 N–H and O–H groups in total. The van der Waals surface area contributed by atoms with Gasteiger partial charge in [0, 0.05) is 19.9 Å². The third-order valence-electron chi connectivity index (χ3n) is 5.10. The molecule has 0 radical (unpaired) electrons. The van der Waals surface area contributed by atoms with E-state index in [9.17, 15) is 0 Å². The van der Waals surface area contributed by atoms with Crippen LogP contribution in [0.25, 0.3) is 33.5 Å². The number of pyridine rings is 1. The van der Waals surface area contributed by atoms with Gasteiger partial charge in [-0.15, -0.1) is 0 Å². The highest BCUT2D eigenvalue weighted by Crippen LogP contribution is 2.37. The summed E-state index contributed by atoms with van der Waals surface area (Å²) < 4.78 is 50.6. The molecule has 3 aromatic carbocycles. The lowest BCUT2D eigenvalue weighted by Gasteiger charge is -2.16. The van der Waals surface area contributed by atoms with Gasteiger partial charge in [-0.25, -0.2) is 4.57 Å². The lowest BCUT2D eigenvalue weighted by atomic mass is 9.88. The Hall–Kier alpha value is -3.19. The quantitative estimate of drug-likeness (QED) is 0.365. The number of aromatic nitrogens is 1. The van der Waals surface area contributed by atoms with Crippen LogP contribution in [0.4, 0.5) is 0 Å². The third-order valence-corrected chi connectivity index (χ3v) is 5.10. The van der Waals surface area contributed by atoms with Crippen LogP contribution in [0, 0.1) is 20.6 Å². The number of nitrogens with zero attached hydrogens (tertiary/aromatic N) is 1. The average Bonchev–Trinajstić information content (AvgIpc) is 2.78. The van der Waals surface area contributed by atoms with Crippen LogP contribution in [-0.2, 0) is 7.05 Å². The summed E-state index contributed by atoms with van der Waals surface area (Å²) in [6, 6.07) is 24.2. The fraction of sp³-hybridized carbons (Fsp3) is 0.148. The largest absolute Gasteiger partial charge is 0.213 e. The summed E-state index contributed by atoms with van der Waals surface area (Å²) in [5, 5.41) is 0. The molecule has 1 nitrogen and oxygen atoms in total. The molecule has 4 aromatic rings. The summed E-state index contributed by atoms with van der Waals surface area (Å²) in [6.45, 7) is -2.97. The molecular formula is C27H26N+. The summed E-state index contributed by atoms with van der Waals surface area (Å²) in [7, 11) is 1.94. The maximum absolute atomic E-state index is 8.10. The van der Waals surface area contributed by atoms with Gasteiger partial charge in [0.05, 0.1) is 5.56 Å². The fourth-order valence-electron chi connectivity index (χ4n) is 3.73. The first-order valence-corrected chi connectivity index (χ1v) is 9.28. The van der Waals surface area contributed by atoms with Crippen molar-refractivity contribution in [2.75, 3.05) is 0 Å². The first-order valence-electron chi connectivity index (χ1n) is 12.3. The van der Waals surface area contributed by atoms with Crippen LogP contribution in [0.5, 0.6) is 0 Å². The van der Waals surface area contributed by atoms with Gasteiger partial charge in [-0.05, 0) is 60.1 Å². The molecular weight excluding hydrogens is 338 g/mol. The molecule has 1 aromatic heterocycles. The van der Waals surface area contributed by atoms with Gasteiger partial charge in [-0.3, -0.25) is 0 Å². The molecule has 138 valence electrons. The second-order valence-corrected chi connectivity index (χ2v) is 7.01. The van der Waals surface area contributed by atoms with Crippen molar-refractivity contribution in [3.8, 4) is 33.5 Å². The molecule has 0 aliphatic carbocycles. The Kier molecular flexibility index (Phi) is 3.27. The predicted molar refractivity (Wildman–Crippen MR) is 118 cm³/mol. The van der Waals surface area contributed by atoms with E-state index in [0.717, 1.165) is 27.9 Å². The van der Waals surface area contributed by atoms with Crippen LogP contribution in [0.2, 0.25) is 0 Å². The zero-order chi connectivity index (χ0) is 24.7. The van der Waals surface area contributed by atoms with Gasteiger partial charge in [0.2, 0.25) is 5.69 Å². The molecule has 0 fully saturated rings. The Bertz CT molecular complexity index is 1310. The Labute approximate surface area is 176 Å². The molecule has 1 heteroatoms. The Morgan fingerprint density at radius 2 is 1.32 bits per heavy atom. The minimum atomic E-state index is -2.46. The summed E-state index contributed by atoms with van der Waals surface area (Å²) in [5.74, 6) is 0. The second kappa shape index (κ2) is 7.44. The minimum absolute atomic E-state index is 0.0385. The van der Waals surface area contributed by atoms with Crippen molar-refractivity contribution >= 4 is 0 Å². The van der Waals surface area contributed by atoms with Crippen molar-refractivity contribution in [3.05, 3.63) is 102 Å². The van der Waals surface area contributed by atoms with Gasteiger partial charge in [-0.2, -0.15) is 0 Å². The van der Waals surface area contributed by atoms with E-state index in [1.165, 1.54) is 18.2 Å². The summed E-state index contributed by atoms with van der Waals surface area (Å²) >= 11 is 0. The standard InChI is InChI=1S/C27H26N/c1-19-10-8-11-20(2)26(19)24-15-9-12-21(3)27(24)25-17-16-23(18-28(25)4)22-13-6-5-7-14-22/h5-18H,1-4H3/q+1/i1D3,2D3. The Balaban J connectivity index is 2.01. The van der Waals surface area contributed by atoms with Crippen LogP contribution in [0.1, 0.15) is 24.9 Å². The first kappa shape index (κ1) is 12.3. The molecule has 1 heterocycles. The van der Waals surface area contributed by atoms with Gasteiger partial charge in [0.25, 0.3) is 0 Å². The van der Waals surface area contributed by atoms with Crippen molar-refractivity contribution in [1.29, 1.82) is 0 Å². The summed E-state index contributed by atoms with van der Waals surface area (Å²) in [4.78, 5) is 0. The summed E-state index contributed by atoms with van der Waals surface area (Å²) in [5.41, 5.74) is 5.68. The SMILES string of the molecule is [2H]C([2H])([2H])c1cccc(C([2H])([2H])[2H])c1-c1cccc(C)c1-c1ccc(-c2ccccc2)c[n+]1C.